The first kappa shape index (κ1) is 25.0. The Morgan fingerprint density at radius 1 is 1.13 bits per heavy atom. The first-order valence-corrected chi connectivity index (χ1v) is 12.5. The highest BCUT2D eigenvalue weighted by Crippen LogP contribution is 2.34. The first-order chi connectivity index (χ1) is 18.6. The average Bonchev–Trinajstić information content (AvgIpc) is 3.43. The summed E-state index contributed by atoms with van der Waals surface area (Å²) in [5.74, 6) is 0.243. The molecule has 1 N–H and O–H groups in total. The van der Waals surface area contributed by atoms with Crippen molar-refractivity contribution in [3.05, 3.63) is 94.5 Å². The SMILES string of the molecule is COc1ccccc1CCC1=NC(=O)NC(c2ccc3c(c2)CCO3)C1C(=O)OCc1cccc(C#N)c1. The number of aliphatic imine (C=N–C) groups is 1. The highest BCUT2D eigenvalue weighted by atomic mass is 16.5. The van der Waals surface area contributed by atoms with Crippen molar-refractivity contribution in [3.63, 3.8) is 0 Å². The summed E-state index contributed by atoms with van der Waals surface area (Å²) in [4.78, 5) is 30.6. The van der Waals surface area contributed by atoms with Gasteiger partial charge in [0.1, 0.15) is 24.0 Å². The maximum Gasteiger partial charge on any atom is 0.341 e. The topological polar surface area (TPSA) is 110 Å². The number of fused-ring (bicyclic) bond motifs is 1. The minimum atomic E-state index is -0.818. The molecule has 38 heavy (non-hydrogen) atoms. The summed E-state index contributed by atoms with van der Waals surface area (Å²) in [5, 5.41) is 12.1. The van der Waals surface area contributed by atoms with Crippen molar-refractivity contribution < 1.29 is 23.8 Å². The molecule has 2 heterocycles. The lowest BCUT2D eigenvalue weighted by Gasteiger charge is -2.31. The van der Waals surface area contributed by atoms with Crippen LogP contribution < -0.4 is 14.8 Å². The van der Waals surface area contributed by atoms with Crippen LogP contribution in [0.1, 0.15) is 40.3 Å². The Balaban J connectivity index is 1.44. The van der Waals surface area contributed by atoms with E-state index in [1.54, 1.807) is 31.4 Å². The van der Waals surface area contributed by atoms with Gasteiger partial charge < -0.3 is 19.5 Å². The maximum absolute atomic E-state index is 13.6. The molecule has 0 aromatic heterocycles. The third-order valence-corrected chi connectivity index (χ3v) is 6.82. The van der Waals surface area contributed by atoms with Gasteiger partial charge in [0, 0.05) is 12.1 Å². The number of nitrogens with zero attached hydrogens (tertiary/aromatic N) is 2. The number of esters is 1. The second-order valence-corrected chi connectivity index (χ2v) is 9.21. The Labute approximate surface area is 220 Å². The summed E-state index contributed by atoms with van der Waals surface area (Å²) < 4.78 is 16.9. The van der Waals surface area contributed by atoms with E-state index >= 15 is 0 Å². The summed E-state index contributed by atoms with van der Waals surface area (Å²) in [5.41, 5.74) is 4.43. The number of hydrogen-bond donors (Lipinski definition) is 1. The van der Waals surface area contributed by atoms with E-state index in [0.717, 1.165) is 34.6 Å². The normalized spacial score (nSPS) is 17.9. The number of urea groups is 1. The van der Waals surface area contributed by atoms with Crippen LogP contribution in [0, 0.1) is 17.2 Å². The van der Waals surface area contributed by atoms with Gasteiger partial charge in [-0.25, -0.2) is 9.79 Å². The molecule has 192 valence electrons. The van der Waals surface area contributed by atoms with Crippen molar-refractivity contribution >= 4 is 17.7 Å². The van der Waals surface area contributed by atoms with Crippen molar-refractivity contribution in [2.75, 3.05) is 13.7 Å². The zero-order valence-electron chi connectivity index (χ0n) is 21.0. The molecule has 8 nitrogen and oxygen atoms in total. The number of aryl methyl sites for hydroxylation is 1. The molecule has 0 radical (unpaired) electrons. The number of methoxy groups -OCH3 is 1. The predicted molar refractivity (Wildman–Crippen MR) is 140 cm³/mol. The lowest BCUT2D eigenvalue weighted by Crippen LogP contribution is -2.45. The molecule has 3 aromatic carbocycles. The molecule has 5 rings (SSSR count). The number of hydrogen-bond acceptors (Lipinski definition) is 6. The average molecular weight is 510 g/mol. The van der Waals surface area contributed by atoms with Crippen molar-refractivity contribution in [2.45, 2.75) is 31.9 Å². The van der Waals surface area contributed by atoms with Crippen LogP contribution >= 0.6 is 0 Å². The fourth-order valence-electron chi connectivity index (χ4n) is 4.95. The Bertz CT molecular complexity index is 1440. The van der Waals surface area contributed by atoms with E-state index in [0.29, 0.717) is 36.3 Å². The standard InChI is InChI=1S/C30H27N3O5/c1-36-25-8-3-2-7-21(25)9-11-24-27(29(34)38-18-20-6-4-5-19(15-20)17-31)28(33-30(35)32-24)23-10-12-26-22(16-23)13-14-37-26/h2-8,10,12,15-16,27-28H,9,11,13-14,18H2,1H3,(H,33,35). The lowest BCUT2D eigenvalue weighted by atomic mass is 9.84. The number of ether oxygens (including phenoxy) is 3. The molecule has 3 aromatic rings. The third kappa shape index (κ3) is 5.37. The number of amides is 2. The van der Waals surface area contributed by atoms with Crippen LogP contribution in [0.2, 0.25) is 0 Å². The number of rotatable bonds is 8. The number of carbonyl (C=O) groups excluding carboxylic acids is 2. The smallest absolute Gasteiger partial charge is 0.341 e. The first-order valence-electron chi connectivity index (χ1n) is 12.5. The van der Waals surface area contributed by atoms with Gasteiger partial charge in [0.15, 0.2) is 0 Å². The van der Waals surface area contributed by atoms with E-state index in [2.05, 4.69) is 16.4 Å². The largest absolute Gasteiger partial charge is 0.496 e. The molecule has 0 fully saturated rings. The van der Waals surface area contributed by atoms with Gasteiger partial charge in [-0.1, -0.05) is 36.4 Å². The molecule has 2 amide bonds. The predicted octanol–water partition coefficient (Wildman–Crippen LogP) is 4.70. The summed E-state index contributed by atoms with van der Waals surface area (Å²) in [6.07, 6.45) is 1.68. The zero-order chi connectivity index (χ0) is 26.5. The van der Waals surface area contributed by atoms with E-state index in [9.17, 15) is 14.9 Å². The molecule has 0 saturated heterocycles. The Morgan fingerprint density at radius 3 is 2.84 bits per heavy atom. The van der Waals surface area contributed by atoms with Crippen LogP contribution in [0.4, 0.5) is 4.79 Å². The van der Waals surface area contributed by atoms with Crippen LogP contribution in [0.3, 0.4) is 0 Å². The van der Waals surface area contributed by atoms with Crippen molar-refractivity contribution in [1.29, 1.82) is 5.26 Å². The van der Waals surface area contributed by atoms with E-state index < -0.39 is 24.0 Å². The summed E-state index contributed by atoms with van der Waals surface area (Å²) in [7, 11) is 1.61. The van der Waals surface area contributed by atoms with Gasteiger partial charge in [0.05, 0.1) is 31.4 Å². The number of nitriles is 1. The fraction of sp³-hybridized carbons (Fsp3) is 0.267. The van der Waals surface area contributed by atoms with Gasteiger partial charge >= 0.3 is 12.0 Å². The highest BCUT2D eigenvalue weighted by molar-refractivity contribution is 6.09. The number of para-hydroxylation sites is 1. The minimum absolute atomic E-state index is 0.00331. The van der Waals surface area contributed by atoms with Crippen LogP contribution in [-0.2, 0) is 29.0 Å². The second-order valence-electron chi connectivity index (χ2n) is 9.21. The molecular formula is C30H27N3O5. The molecule has 2 atom stereocenters. The molecule has 2 unspecified atom stereocenters. The van der Waals surface area contributed by atoms with Crippen LogP contribution in [0.25, 0.3) is 0 Å². The van der Waals surface area contributed by atoms with Gasteiger partial charge in [0.2, 0.25) is 0 Å². The molecular weight excluding hydrogens is 482 g/mol. The summed E-state index contributed by atoms with van der Waals surface area (Å²) >= 11 is 0. The molecule has 2 aliphatic rings. The van der Waals surface area contributed by atoms with Gasteiger partial charge in [-0.15, -0.1) is 0 Å². The van der Waals surface area contributed by atoms with E-state index in [-0.39, 0.29) is 6.61 Å². The van der Waals surface area contributed by atoms with Gasteiger partial charge in [-0.05, 0) is 65.4 Å². The maximum atomic E-state index is 13.6. The monoisotopic (exact) mass is 509 g/mol. The Morgan fingerprint density at radius 2 is 2.00 bits per heavy atom. The number of nitrogens with one attached hydrogen (secondary N) is 1. The molecule has 0 bridgehead atoms. The molecule has 0 saturated carbocycles. The third-order valence-electron chi connectivity index (χ3n) is 6.82. The zero-order valence-corrected chi connectivity index (χ0v) is 21.0. The number of benzene rings is 3. The lowest BCUT2D eigenvalue weighted by molar-refractivity contribution is -0.148. The molecule has 8 heteroatoms. The van der Waals surface area contributed by atoms with E-state index in [1.807, 2.05) is 42.5 Å². The molecule has 0 aliphatic carbocycles. The van der Waals surface area contributed by atoms with Crippen LogP contribution in [0.15, 0.2) is 71.7 Å². The fourth-order valence-corrected chi connectivity index (χ4v) is 4.95. The highest BCUT2D eigenvalue weighted by Gasteiger charge is 2.40. The Kier molecular flexibility index (Phi) is 7.36. The number of carbonyl (C=O) groups is 2. The van der Waals surface area contributed by atoms with Crippen molar-refractivity contribution in [3.8, 4) is 17.6 Å². The molecule has 2 aliphatic heterocycles. The summed E-state index contributed by atoms with van der Waals surface area (Å²) in [6, 6.07) is 21.2. The van der Waals surface area contributed by atoms with E-state index in [4.69, 9.17) is 14.2 Å². The van der Waals surface area contributed by atoms with Crippen molar-refractivity contribution in [1.82, 2.24) is 5.32 Å². The quantitative estimate of drug-likeness (QED) is 0.441. The van der Waals surface area contributed by atoms with Crippen LogP contribution in [0.5, 0.6) is 11.5 Å². The van der Waals surface area contributed by atoms with Gasteiger partial charge in [-0.3, -0.25) is 4.79 Å². The molecule has 0 spiro atoms. The summed E-state index contributed by atoms with van der Waals surface area (Å²) in [6.45, 7) is 0.609. The van der Waals surface area contributed by atoms with Crippen molar-refractivity contribution in [2.24, 2.45) is 10.9 Å². The van der Waals surface area contributed by atoms with Gasteiger partial charge in [-0.2, -0.15) is 5.26 Å². The van der Waals surface area contributed by atoms with Gasteiger partial charge in [0.25, 0.3) is 0 Å². The van der Waals surface area contributed by atoms with E-state index in [1.165, 1.54) is 0 Å². The Hall–Kier alpha value is -4.64. The second kappa shape index (κ2) is 11.2. The minimum Gasteiger partial charge on any atom is -0.496 e. The van der Waals surface area contributed by atoms with Crippen LogP contribution in [-0.4, -0.2) is 31.4 Å².